The van der Waals surface area contributed by atoms with E-state index < -0.39 is 27.5 Å². The van der Waals surface area contributed by atoms with E-state index >= 15 is 0 Å². The first-order valence-corrected chi connectivity index (χ1v) is 6.73. The lowest BCUT2D eigenvalue weighted by molar-refractivity contribution is -0.128. The molecular weight excluding hydrogens is 263 g/mol. The Hall–Kier alpha value is -1.51. The van der Waals surface area contributed by atoms with E-state index in [1.54, 1.807) is 0 Å². The SMILES string of the molecule is O=C(CCS(=O)(=O)NCc1ccc(F)cc1)NO. The van der Waals surface area contributed by atoms with Crippen molar-refractivity contribution in [3.05, 3.63) is 35.6 Å². The third kappa shape index (κ3) is 5.21. The average molecular weight is 276 g/mol. The zero-order valence-corrected chi connectivity index (χ0v) is 10.2. The third-order valence-electron chi connectivity index (χ3n) is 2.13. The molecule has 100 valence electrons. The van der Waals surface area contributed by atoms with Crippen molar-refractivity contribution in [2.24, 2.45) is 0 Å². The van der Waals surface area contributed by atoms with Gasteiger partial charge in [0.05, 0.1) is 5.75 Å². The molecule has 0 saturated carbocycles. The maximum Gasteiger partial charge on any atom is 0.244 e. The summed E-state index contributed by atoms with van der Waals surface area (Å²) in [5.74, 6) is -1.61. The molecule has 0 aliphatic rings. The molecule has 0 aliphatic carbocycles. The first kappa shape index (κ1) is 14.6. The van der Waals surface area contributed by atoms with Crippen LogP contribution < -0.4 is 10.2 Å². The first-order chi connectivity index (χ1) is 8.43. The molecule has 1 rings (SSSR count). The number of hydrogen-bond donors (Lipinski definition) is 3. The summed E-state index contributed by atoms with van der Waals surface area (Å²) >= 11 is 0. The summed E-state index contributed by atoms with van der Waals surface area (Å²) in [6.45, 7) is 0.0172. The molecule has 1 amide bonds. The minimum absolute atomic E-state index is 0.0172. The molecule has 0 fully saturated rings. The Morgan fingerprint density at radius 1 is 1.28 bits per heavy atom. The standard InChI is InChI=1S/C10H13FN2O4S/c11-9-3-1-8(2-4-9)7-12-18(16,17)6-5-10(14)13-15/h1-4,12,15H,5-7H2,(H,13,14). The number of hydroxylamine groups is 1. The highest BCUT2D eigenvalue weighted by atomic mass is 32.2. The number of nitrogens with one attached hydrogen (secondary N) is 2. The smallest absolute Gasteiger partial charge is 0.244 e. The Kier molecular flexibility index (Phi) is 5.20. The first-order valence-electron chi connectivity index (χ1n) is 5.07. The fraction of sp³-hybridized carbons (Fsp3) is 0.300. The fourth-order valence-corrected chi connectivity index (χ4v) is 2.14. The normalized spacial score (nSPS) is 11.2. The Morgan fingerprint density at radius 2 is 1.89 bits per heavy atom. The van der Waals surface area contributed by atoms with Gasteiger partial charge in [-0.2, -0.15) is 0 Å². The van der Waals surface area contributed by atoms with E-state index in [4.69, 9.17) is 5.21 Å². The van der Waals surface area contributed by atoms with E-state index in [1.165, 1.54) is 29.7 Å². The average Bonchev–Trinajstić information content (AvgIpc) is 2.35. The van der Waals surface area contributed by atoms with Gasteiger partial charge < -0.3 is 0 Å². The summed E-state index contributed by atoms with van der Waals surface area (Å²) in [5.41, 5.74) is 1.95. The van der Waals surface area contributed by atoms with Gasteiger partial charge >= 0.3 is 0 Å². The van der Waals surface area contributed by atoms with Crippen molar-refractivity contribution < 1.29 is 22.8 Å². The van der Waals surface area contributed by atoms with Crippen LogP contribution in [0.1, 0.15) is 12.0 Å². The van der Waals surface area contributed by atoms with Gasteiger partial charge in [0.2, 0.25) is 15.9 Å². The number of halogens is 1. The Labute approximate surface area is 104 Å². The summed E-state index contributed by atoms with van der Waals surface area (Å²) < 4.78 is 37.8. The second-order valence-electron chi connectivity index (χ2n) is 3.55. The Morgan fingerprint density at radius 3 is 2.44 bits per heavy atom. The lowest BCUT2D eigenvalue weighted by Crippen LogP contribution is -2.29. The fourth-order valence-electron chi connectivity index (χ4n) is 1.15. The molecule has 1 aromatic carbocycles. The van der Waals surface area contributed by atoms with Gasteiger partial charge in [-0.15, -0.1) is 0 Å². The van der Waals surface area contributed by atoms with Crippen molar-refractivity contribution in [2.75, 3.05) is 5.75 Å². The highest BCUT2D eigenvalue weighted by Crippen LogP contribution is 2.03. The zero-order chi connectivity index (χ0) is 13.6. The predicted molar refractivity (Wildman–Crippen MR) is 61.6 cm³/mol. The van der Waals surface area contributed by atoms with Gasteiger partial charge in [0, 0.05) is 13.0 Å². The Balaban J connectivity index is 2.46. The van der Waals surface area contributed by atoms with Crippen LogP contribution in [-0.4, -0.2) is 25.3 Å². The van der Waals surface area contributed by atoms with Gasteiger partial charge in [-0.1, -0.05) is 12.1 Å². The summed E-state index contributed by atoms with van der Waals surface area (Å²) in [5, 5.41) is 8.22. The number of sulfonamides is 1. The van der Waals surface area contributed by atoms with Crippen LogP contribution in [-0.2, 0) is 21.4 Å². The summed E-state index contributed by atoms with van der Waals surface area (Å²) in [7, 11) is -3.61. The van der Waals surface area contributed by atoms with Crippen LogP contribution in [0.15, 0.2) is 24.3 Å². The van der Waals surface area contributed by atoms with Gasteiger partial charge in [-0.3, -0.25) is 10.0 Å². The van der Waals surface area contributed by atoms with E-state index in [0.29, 0.717) is 5.56 Å². The van der Waals surface area contributed by atoms with Crippen LogP contribution in [0.3, 0.4) is 0 Å². The second kappa shape index (κ2) is 6.43. The number of hydrogen-bond acceptors (Lipinski definition) is 4. The van der Waals surface area contributed by atoms with Crippen LogP contribution >= 0.6 is 0 Å². The summed E-state index contributed by atoms with van der Waals surface area (Å²) in [6, 6.07) is 5.36. The molecule has 0 aromatic heterocycles. The Bertz CT molecular complexity index is 501. The van der Waals surface area contributed by atoms with Gasteiger partial charge in [-0.25, -0.2) is 23.0 Å². The molecule has 6 nitrogen and oxygen atoms in total. The van der Waals surface area contributed by atoms with E-state index in [1.807, 2.05) is 0 Å². The quantitative estimate of drug-likeness (QED) is 0.509. The molecule has 18 heavy (non-hydrogen) atoms. The summed E-state index contributed by atoms with van der Waals surface area (Å²) in [4.78, 5) is 10.7. The zero-order valence-electron chi connectivity index (χ0n) is 9.39. The molecule has 8 heteroatoms. The second-order valence-corrected chi connectivity index (χ2v) is 5.48. The maximum absolute atomic E-state index is 12.6. The number of benzene rings is 1. The van der Waals surface area contributed by atoms with E-state index in [9.17, 15) is 17.6 Å². The van der Waals surface area contributed by atoms with Crippen LogP contribution in [0.4, 0.5) is 4.39 Å². The molecule has 0 aliphatic heterocycles. The van der Waals surface area contributed by atoms with Crippen molar-refractivity contribution in [3.8, 4) is 0 Å². The number of rotatable bonds is 6. The van der Waals surface area contributed by atoms with Gasteiger partial charge in [0.15, 0.2) is 0 Å². The van der Waals surface area contributed by atoms with Crippen LogP contribution in [0.2, 0.25) is 0 Å². The molecule has 0 unspecified atom stereocenters. The van der Waals surface area contributed by atoms with Gasteiger partial charge in [0.1, 0.15) is 5.82 Å². The molecule has 3 N–H and O–H groups in total. The lowest BCUT2D eigenvalue weighted by Gasteiger charge is -2.06. The monoisotopic (exact) mass is 276 g/mol. The van der Waals surface area contributed by atoms with Gasteiger partial charge in [0.25, 0.3) is 0 Å². The van der Waals surface area contributed by atoms with Crippen molar-refractivity contribution in [1.82, 2.24) is 10.2 Å². The molecule has 0 heterocycles. The third-order valence-corrected chi connectivity index (χ3v) is 3.46. The van der Waals surface area contributed by atoms with E-state index in [2.05, 4.69) is 4.72 Å². The van der Waals surface area contributed by atoms with Crippen LogP contribution in [0, 0.1) is 5.82 Å². The van der Waals surface area contributed by atoms with Crippen molar-refractivity contribution in [3.63, 3.8) is 0 Å². The molecule has 0 bridgehead atoms. The molecular formula is C10H13FN2O4S. The van der Waals surface area contributed by atoms with Crippen molar-refractivity contribution >= 4 is 15.9 Å². The number of amides is 1. The largest absolute Gasteiger partial charge is 0.289 e. The summed E-state index contributed by atoms with van der Waals surface area (Å²) in [6.07, 6.45) is -0.338. The highest BCUT2D eigenvalue weighted by Gasteiger charge is 2.12. The predicted octanol–water partition coefficient (Wildman–Crippen LogP) is 0.141. The van der Waals surface area contributed by atoms with Gasteiger partial charge in [-0.05, 0) is 17.7 Å². The van der Waals surface area contributed by atoms with Crippen LogP contribution in [0.25, 0.3) is 0 Å². The molecule has 0 saturated heterocycles. The van der Waals surface area contributed by atoms with E-state index in [0.717, 1.165) is 0 Å². The molecule has 0 spiro atoms. The topological polar surface area (TPSA) is 95.5 Å². The molecule has 0 radical (unpaired) electrons. The maximum atomic E-state index is 12.6. The minimum atomic E-state index is -3.61. The van der Waals surface area contributed by atoms with E-state index in [-0.39, 0.29) is 13.0 Å². The number of carbonyl (C=O) groups excluding carboxylic acids is 1. The van der Waals surface area contributed by atoms with Crippen LogP contribution in [0.5, 0.6) is 0 Å². The van der Waals surface area contributed by atoms with Crippen molar-refractivity contribution in [2.45, 2.75) is 13.0 Å². The van der Waals surface area contributed by atoms with Crippen molar-refractivity contribution in [1.29, 1.82) is 0 Å². The highest BCUT2D eigenvalue weighted by molar-refractivity contribution is 7.89. The number of carbonyl (C=O) groups is 1. The molecule has 0 atom stereocenters. The minimum Gasteiger partial charge on any atom is -0.289 e. The molecule has 1 aromatic rings. The lowest BCUT2D eigenvalue weighted by atomic mass is 10.2.